The Balaban J connectivity index is 3.38. The lowest BCUT2D eigenvalue weighted by Crippen LogP contribution is -2.02. The fourth-order valence-corrected chi connectivity index (χ4v) is 2.17. The molecule has 1 aromatic carbocycles. The van der Waals surface area contributed by atoms with Gasteiger partial charge in [-0.1, -0.05) is 13.3 Å². The van der Waals surface area contributed by atoms with Crippen LogP contribution in [0.1, 0.15) is 24.5 Å². The van der Waals surface area contributed by atoms with Crippen LogP contribution in [-0.2, 0) is 6.42 Å². The number of methoxy groups -OCH3 is 1. The number of nitrogens with one attached hydrogen (secondary N) is 1. The molecule has 0 spiro atoms. The third kappa shape index (κ3) is 2.31. The highest BCUT2D eigenvalue weighted by Gasteiger charge is 2.13. The molecule has 0 unspecified atom stereocenters. The molecule has 0 aliphatic carbocycles. The van der Waals surface area contributed by atoms with E-state index >= 15 is 0 Å². The van der Waals surface area contributed by atoms with E-state index in [1.807, 2.05) is 0 Å². The molecule has 0 saturated heterocycles. The molecule has 0 amide bonds. The van der Waals surface area contributed by atoms with Crippen molar-refractivity contribution >= 4 is 27.8 Å². The van der Waals surface area contributed by atoms with E-state index in [9.17, 15) is 0 Å². The minimum Gasteiger partial charge on any atom is -0.496 e. The zero-order valence-electron chi connectivity index (χ0n) is 8.93. The molecule has 0 fully saturated rings. The molecule has 0 aliphatic rings. The van der Waals surface area contributed by atoms with Crippen molar-refractivity contribution in [2.45, 2.75) is 19.8 Å². The third-order valence-electron chi connectivity index (χ3n) is 2.28. The summed E-state index contributed by atoms with van der Waals surface area (Å²) < 4.78 is 6.12. The van der Waals surface area contributed by atoms with Crippen LogP contribution in [0.15, 0.2) is 10.5 Å². The number of nitrogen functional groups attached to an aromatic ring is 1. The fraction of sp³-hybridized carbons (Fsp3) is 0.364. The van der Waals surface area contributed by atoms with Crippen LogP contribution in [0, 0.1) is 5.41 Å². The number of hydrogen-bond acceptors (Lipinski definition) is 3. The van der Waals surface area contributed by atoms with E-state index in [0.717, 1.165) is 28.6 Å². The predicted octanol–water partition coefficient (Wildman–Crippen LogP) is 2.99. The van der Waals surface area contributed by atoms with Crippen molar-refractivity contribution in [1.29, 1.82) is 5.41 Å². The van der Waals surface area contributed by atoms with E-state index in [2.05, 4.69) is 22.9 Å². The first-order chi connectivity index (χ1) is 7.15. The largest absolute Gasteiger partial charge is 0.496 e. The van der Waals surface area contributed by atoms with Gasteiger partial charge in [0.05, 0.1) is 11.6 Å². The number of benzene rings is 1. The number of nitrogens with two attached hydrogens (primary N) is 1. The van der Waals surface area contributed by atoms with Gasteiger partial charge in [0.25, 0.3) is 0 Å². The van der Waals surface area contributed by atoms with E-state index in [1.54, 1.807) is 13.2 Å². The Bertz CT molecular complexity index is 377. The maximum Gasteiger partial charge on any atom is 0.134 e. The lowest BCUT2D eigenvalue weighted by Gasteiger charge is -2.13. The van der Waals surface area contributed by atoms with Gasteiger partial charge in [-0.2, -0.15) is 0 Å². The highest BCUT2D eigenvalue weighted by molar-refractivity contribution is 9.10. The molecule has 0 aromatic heterocycles. The van der Waals surface area contributed by atoms with E-state index in [4.69, 9.17) is 15.9 Å². The predicted molar refractivity (Wildman–Crippen MR) is 67.0 cm³/mol. The number of ether oxygens (including phenoxy) is 1. The summed E-state index contributed by atoms with van der Waals surface area (Å²) in [7, 11) is 1.61. The van der Waals surface area contributed by atoms with Gasteiger partial charge in [0.2, 0.25) is 0 Å². The first kappa shape index (κ1) is 12.0. The molecule has 0 bridgehead atoms. The van der Waals surface area contributed by atoms with Crippen LogP contribution in [0.3, 0.4) is 0 Å². The van der Waals surface area contributed by atoms with E-state index in [-0.39, 0.29) is 0 Å². The van der Waals surface area contributed by atoms with Crippen molar-refractivity contribution in [2.75, 3.05) is 12.8 Å². The van der Waals surface area contributed by atoms with Gasteiger partial charge in [-0.25, -0.2) is 0 Å². The Labute approximate surface area is 98.3 Å². The number of rotatable bonds is 4. The van der Waals surface area contributed by atoms with Crippen molar-refractivity contribution in [3.63, 3.8) is 0 Å². The van der Waals surface area contributed by atoms with Crippen molar-refractivity contribution < 1.29 is 4.74 Å². The minimum atomic E-state index is 0.666. The van der Waals surface area contributed by atoms with Gasteiger partial charge in [0, 0.05) is 17.5 Å². The summed E-state index contributed by atoms with van der Waals surface area (Å²) in [4.78, 5) is 0. The molecule has 1 aromatic rings. The zero-order valence-corrected chi connectivity index (χ0v) is 10.5. The molecule has 15 heavy (non-hydrogen) atoms. The van der Waals surface area contributed by atoms with Crippen LogP contribution in [0.25, 0.3) is 0 Å². The van der Waals surface area contributed by atoms with Gasteiger partial charge in [0.1, 0.15) is 5.75 Å². The summed E-state index contributed by atoms with van der Waals surface area (Å²) in [5.41, 5.74) is 8.36. The van der Waals surface area contributed by atoms with Gasteiger partial charge in [-0.15, -0.1) is 0 Å². The molecule has 0 saturated carbocycles. The summed E-state index contributed by atoms with van der Waals surface area (Å²) in [5.74, 6) is 0.728. The molecule has 82 valence electrons. The molecule has 0 atom stereocenters. The molecule has 0 radical (unpaired) electrons. The number of anilines is 1. The average molecular weight is 271 g/mol. The number of hydrogen-bond donors (Lipinski definition) is 2. The quantitative estimate of drug-likeness (QED) is 0.653. The highest BCUT2D eigenvalue weighted by Crippen LogP contribution is 2.35. The SMILES string of the molecule is CCCc1c(N)c(C=N)cc(OC)c1Br. The molecular formula is C11H15BrN2O. The normalized spacial score (nSPS) is 10.1. The van der Waals surface area contributed by atoms with Crippen LogP contribution >= 0.6 is 15.9 Å². The molecule has 3 nitrogen and oxygen atoms in total. The van der Waals surface area contributed by atoms with E-state index < -0.39 is 0 Å². The summed E-state index contributed by atoms with van der Waals surface area (Å²) >= 11 is 3.48. The highest BCUT2D eigenvalue weighted by atomic mass is 79.9. The minimum absolute atomic E-state index is 0.666. The third-order valence-corrected chi connectivity index (χ3v) is 3.15. The van der Waals surface area contributed by atoms with Crippen LogP contribution < -0.4 is 10.5 Å². The smallest absolute Gasteiger partial charge is 0.134 e. The first-order valence-corrected chi connectivity index (χ1v) is 5.60. The van der Waals surface area contributed by atoms with Gasteiger partial charge in [-0.3, -0.25) is 0 Å². The zero-order chi connectivity index (χ0) is 11.4. The van der Waals surface area contributed by atoms with Gasteiger partial charge in [-0.05, 0) is 34.0 Å². The Morgan fingerprint density at radius 1 is 1.60 bits per heavy atom. The van der Waals surface area contributed by atoms with Crippen molar-refractivity contribution in [2.24, 2.45) is 0 Å². The Kier molecular flexibility index (Phi) is 4.15. The topological polar surface area (TPSA) is 59.1 Å². The first-order valence-electron chi connectivity index (χ1n) is 4.81. The Hall–Kier alpha value is -1.03. The monoisotopic (exact) mass is 270 g/mol. The second-order valence-electron chi connectivity index (χ2n) is 3.27. The Morgan fingerprint density at radius 2 is 2.27 bits per heavy atom. The van der Waals surface area contributed by atoms with Gasteiger partial charge < -0.3 is 15.9 Å². The summed E-state index contributed by atoms with van der Waals surface area (Å²) in [6.07, 6.45) is 3.14. The maximum atomic E-state index is 7.28. The second kappa shape index (κ2) is 5.16. The molecule has 0 aliphatic heterocycles. The van der Waals surface area contributed by atoms with Crippen LogP contribution in [0.4, 0.5) is 5.69 Å². The second-order valence-corrected chi connectivity index (χ2v) is 4.06. The molecule has 0 heterocycles. The van der Waals surface area contributed by atoms with Gasteiger partial charge >= 0.3 is 0 Å². The molecule has 3 N–H and O–H groups in total. The summed E-state index contributed by atoms with van der Waals surface area (Å²) in [6.45, 7) is 2.09. The molecule has 1 rings (SSSR count). The van der Waals surface area contributed by atoms with Crippen molar-refractivity contribution in [3.05, 3.63) is 21.7 Å². The van der Waals surface area contributed by atoms with Crippen LogP contribution in [0.2, 0.25) is 0 Å². The van der Waals surface area contributed by atoms with Gasteiger partial charge in [0.15, 0.2) is 0 Å². The number of halogens is 1. The summed E-state index contributed by atoms with van der Waals surface area (Å²) in [6, 6.07) is 1.77. The lowest BCUT2D eigenvalue weighted by atomic mass is 10.0. The fourth-order valence-electron chi connectivity index (χ4n) is 1.49. The summed E-state index contributed by atoms with van der Waals surface area (Å²) in [5, 5.41) is 7.28. The van der Waals surface area contributed by atoms with Crippen molar-refractivity contribution in [3.8, 4) is 5.75 Å². The Morgan fingerprint density at radius 3 is 2.73 bits per heavy atom. The lowest BCUT2D eigenvalue weighted by molar-refractivity contribution is 0.411. The maximum absolute atomic E-state index is 7.28. The van der Waals surface area contributed by atoms with Crippen LogP contribution in [-0.4, -0.2) is 13.3 Å². The molecule has 4 heteroatoms. The average Bonchev–Trinajstić information content (AvgIpc) is 2.25. The van der Waals surface area contributed by atoms with E-state index in [0.29, 0.717) is 11.3 Å². The molecular weight excluding hydrogens is 256 g/mol. The van der Waals surface area contributed by atoms with Crippen molar-refractivity contribution in [1.82, 2.24) is 0 Å². The van der Waals surface area contributed by atoms with E-state index in [1.165, 1.54) is 6.21 Å². The standard InChI is InChI=1S/C11H15BrN2O/c1-3-4-8-10(12)9(15-2)5-7(6-13)11(8)14/h5-6,13H,3-4,14H2,1-2H3. The van der Waals surface area contributed by atoms with Crippen LogP contribution in [0.5, 0.6) is 5.75 Å².